The quantitative estimate of drug-likeness (QED) is 0.577. The first kappa shape index (κ1) is 11.6. The van der Waals surface area contributed by atoms with E-state index in [0.29, 0.717) is 5.76 Å². The van der Waals surface area contributed by atoms with Crippen LogP contribution < -0.4 is 0 Å². The Morgan fingerprint density at radius 1 is 1.27 bits per heavy atom. The van der Waals surface area contributed by atoms with Gasteiger partial charge in [-0.25, -0.2) is 0 Å². The number of benzene rings is 1. The molecule has 1 aromatic carbocycles. The lowest BCUT2D eigenvalue weighted by atomic mass is 10.0. The standard InChI is InChI=1S/C14H18O/c1-3-12(11-14(15)4-2)10-13-8-6-5-7-9-13/h4-9,11,15H,3,10H2,1-2H3/b12-11+,14-4+. The number of hydrogen-bond acceptors (Lipinski definition) is 1. The zero-order valence-corrected chi connectivity index (χ0v) is 9.40. The molecule has 0 aliphatic rings. The van der Waals surface area contributed by atoms with Crippen molar-refractivity contribution in [3.63, 3.8) is 0 Å². The van der Waals surface area contributed by atoms with E-state index >= 15 is 0 Å². The fourth-order valence-electron chi connectivity index (χ4n) is 1.43. The molecule has 0 fully saturated rings. The predicted molar refractivity (Wildman–Crippen MR) is 64.9 cm³/mol. The summed E-state index contributed by atoms with van der Waals surface area (Å²) in [5.41, 5.74) is 2.53. The van der Waals surface area contributed by atoms with Crippen molar-refractivity contribution in [1.82, 2.24) is 0 Å². The second-order valence-electron chi connectivity index (χ2n) is 3.53. The summed E-state index contributed by atoms with van der Waals surface area (Å²) in [6.45, 7) is 3.94. The molecule has 0 spiro atoms. The van der Waals surface area contributed by atoms with Crippen LogP contribution in [0.15, 0.2) is 53.8 Å². The molecule has 0 aliphatic carbocycles. The van der Waals surface area contributed by atoms with Crippen molar-refractivity contribution in [2.24, 2.45) is 0 Å². The summed E-state index contributed by atoms with van der Waals surface area (Å²) in [5.74, 6) is 0.350. The molecule has 15 heavy (non-hydrogen) atoms. The van der Waals surface area contributed by atoms with E-state index in [1.807, 2.05) is 31.2 Å². The maximum Gasteiger partial charge on any atom is 0.111 e. The van der Waals surface area contributed by atoms with E-state index in [-0.39, 0.29) is 0 Å². The lowest BCUT2D eigenvalue weighted by Gasteiger charge is -2.04. The van der Waals surface area contributed by atoms with Crippen molar-refractivity contribution in [3.8, 4) is 0 Å². The first-order chi connectivity index (χ1) is 7.26. The Kier molecular flexibility index (Phi) is 4.69. The maximum absolute atomic E-state index is 9.42. The van der Waals surface area contributed by atoms with E-state index in [9.17, 15) is 5.11 Å². The maximum atomic E-state index is 9.42. The van der Waals surface area contributed by atoms with Crippen molar-refractivity contribution in [1.29, 1.82) is 0 Å². The Hall–Kier alpha value is -1.50. The Labute approximate surface area is 91.8 Å². The van der Waals surface area contributed by atoms with Gasteiger partial charge in [-0.05, 0) is 37.5 Å². The van der Waals surface area contributed by atoms with Crippen LogP contribution in [0.1, 0.15) is 25.8 Å². The highest BCUT2D eigenvalue weighted by atomic mass is 16.3. The van der Waals surface area contributed by atoms with Crippen molar-refractivity contribution in [2.75, 3.05) is 0 Å². The van der Waals surface area contributed by atoms with Crippen molar-refractivity contribution in [3.05, 3.63) is 59.4 Å². The van der Waals surface area contributed by atoms with E-state index in [1.165, 1.54) is 11.1 Å². The molecule has 0 atom stereocenters. The highest BCUT2D eigenvalue weighted by Crippen LogP contribution is 2.12. The molecule has 1 nitrogen and oxygen atoms in total. The molecule has 0 unspecified atom stereocenters. The molecule has 0 radical (unpaired) electrons. The molecule has 0 saturated heterocycles. The molecule has 1 N–H and O–H groups in total. The highest BCUT2D eigenvalue weighted by Gasteiger charge is 1.97. The average molecular weight is 202 g/mol. The number of aliphatic hydroxyl groups is 1. The summed E-state index contributed by atoms with van der Waals surface area (Å²) in [6, 6.07) is 10.3. The third-order valence-corrected chi connectivity index (χ3v) is 2.38. The van der Waals surface area contributed by atoms with Gasteiger partial charge in [-0.15, -0.1) is 0 Å². The van der Waals surface area contributed by atoms with Crippen LogP contribution in [0.2, 0.25) is 0 Å². The lowest BCUT2D eigenvalue weighted by molar-refractivity contribution is 0.430. The minimum absolute atomic E-state index is 0.350. The summed E-state index contributed by atoms with van der Waals surface area (Å²) >= 11 is 0. The Bertz CT molecular complexity index is 347. The molecule has 80 valence electrons. The largest absolute Gasteiger partial charge is 0.508 e. The summed E-state index contributed by atoms with van der Waals surface area (Å²) in [7, 11) is 0. The summed E-state index contributed by atoms with van der Waals surface area (Å²) in [5, 5.41) is 9.42. The molecule has 0 aromatic heterocycles. The van der Waals surface area contributed by atoms with E-state index in [2.05, 4.69) is 19.1 Å². The zero-order chi connectivity index (χ0) is 11.1. The third kappa shape index (κ3) is 4.03. The summed E-state index contributed by atoms with van der Waals surface area (Å²) in [4.78, 5) is 0. The van der Waals surface area contributed by atoms with Gasteiger partial charge < -0.3 is 5.11 Å². The van der Waals surface area contributed by atoms with Crippen LogP contribution in [-0.4, -0.2) is 5.11 Å². The van der Waals surface area contributed by atoms with E-state index in [1.54, 1.807) is 6.08 Å². The van der Waals surface area contributed by atoms with Gasteiger partial charge in [0.05, 0.1) is 0 Å². The molecule has 0 saturated carbocycles. The van der Waals surface area contributed by atoms with Crippen LogP contribution >= 0.6 is 0 Å². The van der Waals surface area contributed by atoms with Gasteiger partial charge in [-0.3, -0.25) is 0 Å². The smallest absolute Gasteiger partial charge is 0.111 e. The van der Waals surface area contributed by atoms with Crippen molar-refractivity contribution >= 4 is 0 Å². The van der Waals surface area contributed by atoms with Gasteiger partial charge in [0, 0.05) is 0 Å². The molecule has 0 aliphatic heterocycles. The van der Waals surface area contributed by atoms with Gasteiger partial charge in [0.25, 0.3) is 0 Å². The minimum atomic E-state index is 0.350. The Morgan fingerprint density at radius 2 is 1.93 bits per heavy atom. The SMILES string of the molecule is C/C=C(O)\C=C(/CC)Cc1ccccc1. The normalized spacial score (nSPS) is 12.9. The molecule has 0 heterocycles. The van der Waals surface area contributed by atoms with Gasteiger partial charge in [0.15, 0.2) is 0 Å². The Morgan fingerprint density at radius 3 is 2.47 bits per heavy atom. The first-order valence-electron chi connectivity index (χ1n) is 5.35. The average Bonchev–Trinajstić information content (AvgIpc) is 2.29. The predicted octanol–water partition coefficient (Wildman–Crippen LogP) is 4.03. The van der Waals surface area contributed by atoms with Crippen molar-refractivity contribution in [2.45, 2.75) is 26.7 Å². The van der Waals surface area contributed by atoms with E-state index in [0.717, 1.165) is 12.8 Å². The molecule has 0 bridgehead atoms. The fourth-order valence-corrected chi connectivity index (χ4v) is 1.43. The third-order valence-electron chi connectivity index (χ3n) is 2.38. The molecule has 1 rings (SSSR count). The molecule has 1 aromatic rings. The molecular formula is C14H18O. The molecule has 0 amide bonds. The topological polar surface area (TPSA) is 20.2 Å². The van der Waals surface area contributed by atoms with E-state index in [4.69, 9.17) is 0 Å². The highest BCUT2D eigenvalue weighted by molar-refractivity contribution is 5.25. The van der Waals surface area contributed by atoms with Crippen LogP contribution in [0.5, 0.6) is 0 Å². The monoisotopic (exact) mass is 202 g/mol. The van der Waals surface area contributed by atoms with Crippen LogP contribution in [0.4, 0.5) is 0 Å². The molecular weight excluding hydrogens is 184 g/mol. The van der Waals surface area contributed by atoms with Gasteiger partial charge in [-0.2, -0.15) is 0 Å². The number of allylic oxidation sites excluding steroid dienone is 3. The lowest BCUT2D eigenvalue weighted by Crippen LogP contribution is -1.90. The number of aliphatic hydroxyl groups excluding tert-OH is 1. The minimum Gasteiger partial charge on any atom is -0.508 e. The van der Waals surface area contributed by atoms with Crippen molar-refractivity contribution < 1.29 is 5.11 Å². The second-order valence-corrected chi connectivity index (χ2v) is 3.53. The van der Waals surface area contributed by atoms with Gasteiger partial charge in [0.1, 0.15) is 5.76 Å². The summed E-state index contributed by atoms with van der Waals surface area (Å²) in [6.07, 6.45) is 5.44. The van der Waals surface area contributed by atoms with E-state index < -0.39 is 0 Å². The van der Waals surface area contributed by atoms with Crippen LogP contribution in [0.25, 0.3) is 0 Å². The van der Waals surface area contributed by atoms with Crippen LogP contribution in [0, 0.1) is 0 Å². The fraction of sp³-hybridized carbons (Fsp3) is 0.286. The van der Waals surface area contributed by atoms with Crippen LogP contribution in [0.3, 0.4) is 0 Å². The van der Waals surface area contributed by atoms with Crippen LogP contribution in [-0.2, 0) is 6.42 Å². The van der Waals surface area contributed by atoms with Gasteiger partial charge >= 0.3 is 0 Å². The molecule has 1 heteroatoms. The Balaban J connectivity index is 2.74. The second kappa shape index (κ2) is 6.07. The number of rotatable bonds is 4. The van der Waals surface area contributed by atoms with Gasteiger partial charge in [0.2, 0.25) is 0 Å². The summed E-state index contributed by atoms with van der Waals surface area (Å²) < 4.78 is 0. The van der Waals surface area contributed by atoms with Gasteiger partial charge in [-0.1, -0.05) is 42.8 Å². The number of hydrogen-bond donors (Lipinski definition) is 1. The zero-order valence-electron chi connectivity index (χ0n) is 9.40. The first-order valence-corrected chi connectivity index (χ1v) is 5.35.